The third-order valence-electron chi connectivity index (χ3n) is 2.15. The van der Waals surface area contributed by atoms with Gasteiger partial charge in [-0.25, -0.2) is 0 Å². The first-order chi connectivity index (χ1) is 5.12. The molecule has 0 aromatic rings. The minimum atomic E-state index is 0.483. The van der Waals surface area contributed by atoms with Crippen LogP contribution < -0.4 is 0 Å². The number of allylic oxidation sites excluding steroid dienone is 1. The summed E-state index contributed by atoms with van der Waals surface area (Å²) in [5.41, 5.74) is 0.483. The molecule has 0 fully saturated rings. The van der Waals surface area contributed by atoms with E-state index in [1.807, 2.05) is 6.08 Å². The van der Waals surface area contributed by atoms with Crippen molar-refractivity contribution in [1.82, 2.24) is 0 Å². The maximum atomic E-state index is 3.77. The largest absolute Gasteiger partial charge is 0.103 e. The van der Waals surface area contributed by atoms with Crippen LogP contribution in [-0.4, -0.2) is 0 Å². The summed E-state index contributed by atoms with van der Waals surface area (Å²) in [6, 6.07) is 0. The topological polar surface area (TPSA) is 0 Å². The zero-order valence-electron chi connectivity index (χ0n) is 8.32. The van der Waals surface area contributed by atoms with Crippen LogP contribution in [0.5, 0.6) is 0 Å². The van der Waals surface area contributed by atoms with Gasteiger partial charge >= 0.3 is 0 Å². The SMILES string of the molecule is C=CCC(C)(C)CCCCC. The second-order valence-electron chi connectivity index (χ2n) is 4.11. The van der Waals surface area contributed by atoms with E-state index in [9.17, 15) is 0 Å². The maximum absolute atomic E-state index is 3.77. The highest BCUT2D eigenvalue weighted by Crippen LogP contribution is 2.27. The van der Waals surface area contributed by atoms with Gasteiger partial charge in [0.25, 0.3) is 0 Å². The van der Waals surface area contributed by atoms with Gasteiger partial charge in [0.1, 0.15) is 0 Å². The van der Waals surface area contributed by atoms with Gasteiger partial charge in [0.15, 0.2) is 0 Å². The average molecular weight is 154 g/mol. The molecule has 0 aromatic heterocycles. The molecule has 0 amide bonds. The van der Waals surface area contributed by atoms with Crippen molar-refractivity contribution in [3.63, 3.8) is 0 Å². The summed E-state index contributed by atoms with van der Waals surface area (Å²) in [6.45, 7) is 10.7. The van der Waals surface area contributed by atoms with Gasteiger partial charge in [-0.2, -0.15) is 0 Å². The van der Waals surface area contributed by atoms with Crippen LogP contribution in [0.1, 0.15) is 52.9 Å². The molecule has 0 aliphatic carbocycles. The van der Waals surface area contributed by atoms with Gasteiger partial charge in [0, 0.05) is 0 Å². The van der Waals surface area contributed by atoms with E-state index >= 15 is 0 Å². The van der Waals surface area contributed by atoms with E-state index in [4.69, 9.17) is 0 Å². The van der Waals surface area contributed by atoms with Gasteiger partial charge in [-0.05, 0) is 18.3 Å². The highest BCUT2D eigenvalue weighted by Gasteiger charge is 2.14. The lowest BCUT2D eigenvalue weighted by atomic mass is 9.84. The summed E-state index contributed by atoms with van der Waals surface area (Å²) < 4.78 is 0. The van der Waals surface area contributed by atoms with Gasteiger partial charge in [0.2, 0.25) is 0 Å². The van der Waals surface area contributed by atoms with Crippen LogP contribution in [0.15, 0.2) is 12.7 Å². The van der Waals surface area contributed by atoms with Crippen molar-refractivity contribution in [3.05, 3.63) is 12.7 Å². The average Bonchev–Trinajstić information content (AvgIpc) is 1.87. The molecule has 0 N–H and O–H groups in total. The minimum Gasteiger partial charge on any atom is -0.103 e. The Morgan fingerprint density at radius 2 is 1.91 bits per heavy atom. The second kappa shape index (κ2) is 5.40. The first-order valence-corrected chi connectivity index (χ1v) is 4.73. The molecule has 0 saturated carbocycles. The molecule has 0 radical (unpaired) electrons. The van der Waals surface area contributed by atoms with E-state index in [0.29, 0.717) is 5.41 Å². The summed E-state index contributed by atoms with van der Waals surface area (Å²) in [4.78, 5) is 0. The van der Waals surface area contributed by atoms with E-state index in [2.05, 4.69) is 27.4 Å². The fourth-order valence-electron chi connectivity index (χ4n) is 1.35. The van der Waals surface area contributed by atoms with Gasteiger partial charge in [-0.15, -0.1) is 6.58 Å². The molecular formula is C11H22. The van der Waals surface area contributed by atoms with Crippen molar-refractivity contribution in [1.29, 1.82) is 0 Å². The summed E-state index contributed by atoms with van der Waals surface area (Å²) in [5.74, 6) is 0. The molecule has 0 heterocycles. The lowest BCUT2D eigenvalue weighted by Crippen LogP contribution is -2.09. The maximum Gasteiger partial charge on any atom is -0.0302 e. The van der Waals surface area contributed by atoms with Crippen molar-refractivity contribution < 1.29 is 0 Å². The summed E-state index contributed by atoms with van der Waals surface area (Å²) in [5, 5.41) is 0. The number of rotatable bonds is 6. The molecule has 0 spiro atoms. The van der Waals surface area contributed by atoms with Gasteiger partial charge in [0.05, 0.1) is 0 Å². The second-order valence-corrected chi connectivity index (χ2v) is 4.11. The van der Waals surface area contributed by atoms with Crippen LogP contribution in [0.25, 0.3) is 0 Å². The van der Waals surface area contributed by atoms with Crippen LogP contribution >= 0.6 is 0 Å². The molecule has 0 atom stereocenters. The standard InChI is InChI=1S/C11H22/c1-5-7-8-10-11(3,4)9-6-2/h6H,2,5,7-10H2,1,3-4H3. The van der Waals surface area contributed by atoms with Gasteiger partial charge in [-0.1, -0.05) is 46.1 Å². The molecule has 0 rings (SSSR count). The predicted octanol–water partition coefficient (Wildman–Crippen LogP) is 4.17. The van der Waals surface area contributed by atoms with E-state index < -0.39 is 0 Å². The lowest BCUT2D eigenvalue weighted by molar-refractivity contribution is 0.325. The summed E-state index contributed by atoms with van der Waals surface area (Å²) in [7, 11) is 0. The quantitative estimate of drug-likeness (QED) is 0.398. The van der Waals surface area contributed by atoms with Crippen LogP contribution in [0, 0.1) is 5.41 Å². The van der Waals surface area contributed by atoms with Crippen LogP contribution in [0.3, 0.4) is 0 Å². The molecule has 0 aliphatic rings. The first-order valence-electron chi connectivity index (χ1n) is 4.73. The molecule has 0 unspecified atom stereocenters. The first kappa shape index (κ1) is 10.7. The Kier molecular flexibility index (Phi) is 5.27. The number of hydrogen-bond acceptors (Lipinski definition) is 0. The molecule has 66 valence electrons. The Balaban J connectivity index is 3.45. The van der Waals surface area contributed by atoms with Crippen molar-refractivity contribution in [2.75, 3.05) is 0 Å². The van der Waals surface area contributed by atoms with E-state index in [1.165, 1.54) is 25.7 Å². The molecule has 0 saturated heterocycles. The van der Waals surface area contributed by atoms with Crippen LogP contribution in [0.4, 0.5) is 0 Å². The third-order valence-corrected chi connectivity index (χ3v) is 2.15. The van der Waals surface area contributed by atoms with Crippen LogP contribution in [0.2, 0.25) is 0 Å². The fraction of sp³-hybridized carbons (Fsp3) is 0.818. The van der Waals surface area contributed by atoms with Crippen LogP contribution in [-0.2, 0) is 0 Å². The zero-order chi connectivity index (χ0) is 8.74. The van der Waals surface area contributed by atoms with E-state index in [-0.39, 0.29) is 0 Å². The van der Waals surface area contributed by atoms with E-state index in [0.717, 1.165) is 6.42 Å². The van der Waals surface area contributed by atoms with Crippen molar-refractivity contribution in [2.45, 2.75) is 52.9 Å². The summed E-state index contributed by atoms with van der Waals surface area (Å²) >= 11 is 0. The normalized spacial score (nSPS) is 11.5. The number of hydrogen-bond donors (Lipinski definition) is 0. The third kappa shape index (κ3) is 6.15. The smallest absolute Gasteiger partial charge is 0.0302 e. The minimum absolute atomic E-state index is 0.483. The Morgan fingerprint density at radius 1 is 1.27 bits per heavy atom. The molecule has 0 aromatic carbocycles. The summed E-state index contributed by atoms with van der Waals surface area (Å²) in [6.07, 6.45) is 8.59. The van der Waals surface area contributed by atoms with Crippen molar-refractivity contribution in [2.24, 2.45) is 5.41 Å². The molecule has 0 bridgehead atoms. The zero-order valence-corrected chi connectivity index (χ0v) is 8.32. The predicted molar refractivity (Wildman–Crippen MR) is 52.7 cm³/mol. The molecular weight excluding hydrogens is 132 g/mol. The highest BCUT2D eigenvalue weighted by atomic mass is 14.2. The Morgan fingerprint density at radius 3 is 2.36 bits per heavy atom. The molecule has 0 nitrogen and oxygen atoms in total. The van der Waals surface area contributed by atoms with Crippen molar-refractivity contribution >= 4 is 0 Å². The fourth-order valence-corrected chi connectivity index (χ4v) is 1.35. The Bertz CT molecular complexity index is 101. The lowest BCUT2D eigenvalue weighted by Gasteiger charge is -2.22. The number of unbranched alkanes of at least 4 members (excludes halogenated alkanes) is 2. The van der Waals surface area contributed by atoms with Crippen molar-refractivity contribution in [3.8, 4) is 0 Å². The molecule has 0 aliphatic heterocycles. The van der Waals surface area contributed by atoms with Gasteiger partial charge in [-0.3, -0.25) is 0 Å². The van der Waals surface area contributed by atoms with Gasteiger partial charge < -0.3 is 0 Å². The van der Waals surface area contributed by atoms with E-state index in [1.54, 1.807) is 0 Å². The molecule has 0 heteroatoms. The highest BCUT2D eigenvalue weighted by molar-refractivity contribution is 4.79. The Hall–Kier alpha value is -0.260. The molecule has 11 heavy (non-hydrogen) atoms. The monoisotopic (exact) mass is 154 g/mol. The Labute approximate surface area is 71.7 Å².